The number of nitrogens with zero attached hydrogens (tertiary/aromatic N) is 4. The highest BCUT2D eigenvalue weighted by atomic mass is 16.6. The van der Waals surface area contributed by atoms with Gasteiger partial charge in [0.05, 0.1) is 52.9 Å². The maximum Gasteiger partial charge on any atom is 0.343 e. The van der Waals surface area contributed by atoms with Crippen molar-refractivity contribution in [3.63, 3.8) is 0 Å². The fraction of sp³-hybridized carbons (Fsp3) is 0.125. The summed E-state index contributed by atoms with van der Waals surface area (Å²) in [5, 5.41) is 36.9. The van der Waals surface area contributed by atoms with E-state index < -0.39 is 50.4 Å². The minimum atomic E-state index is -0.916. The molecule has 0 aliphatic heterocycles. The molecule has 0 saturated carbocycles. The molecule has 0 heterocycles. The Balaban J connectivity index is 1.64. The second kappa shape index (κ2) is 13.1. The molecule has 0 radical (unpaired) electrons. The Hall–Kier alpha value is -6.13. The molecular formula is C24H19N5O12. The number of carbonyl (C=O) groups excluding carboxylic acids is 2. The van der Waals surface area contributed by atoms with Crippen molar-refractivity contribution < 1.29 is 43.3 Å². The molecule has 1 amide bonds. The molecule has 17 nitrogen and oxygen atoms in total. The Kier molecular flexibility index (Phi) is 9.40. The largest absolute Gasteiger partial charge is 0.493 e. The fourth-order valence-electron chi connectivity index (χ4n) is 3.19. The van der Waals surface area contributed by atoms with Gasteiger partial charge in [-0.05, 0) is 35.9 Å². The number of nitro groups is 3. The number of carbonyl (C=O) groups is 2. The first-order valence-corrected chi connectivity index (χ1v) is 11.1. The van der Waals surface area contributed by atoms with Crippen LogP contribution in [0, 0.1) is 30.3 Å². The van der Waals surface area contributed by atoms with Crippen molar-refractivity contribution in [2.75, 3.05) is 20.8 Å². The van der Waals surface area contributed by atoms with E-state index in [1.165, 1.54) is 43.7 Å². The van der Waals surface area contributed by atoms with E-state index in [-0.39, 0.29) is 28.5 Å². The minimum absolute atomic E-state index is 0.0454. The molecule has 41 heavy (non-hydrogen) atoms. The van der Waals surface area contributed by atoms with Gasteiger partial charge in [-0.15, -0.1) is 0 Å². The summed E-state index contributed by atoms with van der Waals surface area (Å²) in [7, 11) is 2.44. The third-order valence-electron chi connectivity index (χ3n) is 5.10. The van der Waals surface area contributed by atoms with Crippen molar-refractivity contribution in [1.82, 2.24) is 5.43 Å². The van der Waals surface area contributed by atoms with Gasteiger partial charge in [-0.25, -0.2) is 10.2 Å². The van der Waals surface area contributed by atoms with Crippen molar-refractivity contribution >= 4 is 35.2 Å². The Morgan fingerprint density at radius 1 is 0.829 bits per heavy atom. The summed E-state index contributed by atoms with van der Waals surface area (Å²) in [6, 6.07) is 10.7. The topological polar surface area (TPSA) is 225 Å². The van der Waals surface area contributed by atoms with Crippen LogP contribution in [0.3, 0.4) is 0 Å². The lowest BCUT2D eigenvalue weighted by atomic mass is 10.2. The average Bonchev–Trinajstić information content (AvgIpc) is 2.96. The summed E-state index contributed by atoms with van der Waals surface area (Å²) in [4.78, 5) is 55.3. The van der Waals surface area contributed by atoms with Crippen LogP contribution in [0.25, 0.3) is 0 Å². The normalized spacial score (nSPS) is 10.5. The van der Waals surface area contributed by atoms with Crippen molar-refractivity contribution in [1.29, 1.82) is 0 Å². The summed E-state index contributed by atoms with van der Waals surface area (Å²) in [6.07, 6.45) is 1.22. The molecule has 3 rings (SSSR count). The van der Waals surface area contributed by atoms with Crippen LogP contribution in [0.5, 0.6) is 23.0 Å². The molecule has 3 aromatic rings. The molecule has 0 aliphatic carbocycles. The van der Waals surface area contributed by atoms with Crippen LogP contribution in [0.4, 0.5) is 17.1 Å². The number of esters is 1. The van der Waals surface area contributed by atoms with Gasteiger partial charge in [-0.3, -0.25) is 35.1 Å². The predicted octanol–water partition coefficient (Wildman–Crippen LogP) is 3.18. The molecule has 0 unspecified atom stereocenters. The number of amides is 1. The zero-order chi connectivity index (χ0) is 30.1. The van der Waals surface area contributed by atoms with Crippen LogP contribution in [0.15, 0.2) is 59.7 Å². The summed E-state index contributed by atoms with van der Waals surface area (Å²) >= 11 is 0. The van der Waals surface area contributed by atoms with Crippen molar-refractivity contribution in [3.8, 4) is 23.0 Å². The predicted molar refractivity (Wildman–Crippen MR) is 139 cm³/mol. The van der Waals surface area contributed by atoms with Crippen LogP contribution in [-0.4, -0.2) is 53.7 Å². The van der Waals surface area contributed by atoms with Gasteiger partial charge < -0.3 is 18.9 Å². The summed E-state index contributed by atoms with van der Waals surface area (Å²) in [5.74, 6) is -2.22. The van der Waals surface area contributed by atoms with Gasteiger partial charge in [0.25, 0.3) is 17.3 Å². The molecule has 0 spiro atoms. The lowest BCUT2D eigenvalue weighted by Gasteiger charge is -2.10. The smallest absolute Gasteiger partial charge is 0.343 e. The number of benzene rings is 3. The number of hydrogen-bond donors (Lipinski definition) is 1. The maximum atomic E-state index is 12.4. The van der Waals surface area contributed by atoms with E-state index in [0.717, 1.165) is 25.3 Å². The van der Waals surface area contributed by atoms with Crippen LogP contribution < -0.4 is 24.4 Å². The Labute approximate surface area is 229 Å². The first-order chi connectivity index (χ1) is 19.5. The second-order valence-corrected chi connectivity index (χ2v) is 7.70. The molecular weight excluding hydrogens is 550 g/mol. The number of ether oxygens (including phenoxy) is 4. The standard InChI is InChI=1S/C24H19N5O12/c1-38-20-9-14(3-8-19(20)41-24(31)15-4-6-16(7-5-15)27(32)33)12-25-26-22(30)13-40-23-18(29(36)37)10-17(28(34)35)11-21(23)39-2/h3-12H,13H2,1-2H3,(H,26,30). The van der Waals surface area contributed by atoms with Gasteiger partial charge >= 0.3 is 11.7 Å². The van der Waals surface area contributed by atoms with Gasteiger partial charge in [0.1, 0.15) is 0 Å². The molecule has 0 bridgehead atoms. The Morgan fingerprint density at radius 2 is 1.49 bits per heavy atom. The summed E-state index contributed by atoms with van der Waals surface area (Å²) in [6.45, 7) is -0.743. The molecule has 0 saturated heterocycles. The van der Waals surface area contributed by atoms with E-state index in [1.807, 2.05) is 0 Å². The van der Waals surface area contributed by atoms with Crippen molar-refractivity contribution in [2.24, 2.45) is 5.10 Å². The highest BCUT2D eigenvalue weighted by molar-refractivity contribution is 5.92. The monoisotopic (exact) mass is 569 g/mol. The first kappa shape index (κ1) is 29.4. The van der Waals surface area contributed by atoms with E-state index in [2.05, 4.69) is 10.5 Å². The van der Waals surface area contributed by atoms with E-state index in [4.69, 9.17) is 18.9 Å². The average molecular weight is 569 g/mol. The van der Waals surface area contributed by atoms with Crippen LogP contribution >= 0.6 is 0 Å². The number of nitro benzene ring substituents is 3. The van der Waals surface area contributed by atoms with Gasteiger partial charge in [-0.2, -0.15) is 5.10 Å². The molecule has 0 fully saturated rings. The first-order valence-electron chi connectivity index (χ1n) is 11.1. The second-order valence-electron chi connectivity index (χ2n) is 7.70. The SMILES string of the molecule is COc1cc(C=NNC(=O)COc2c(OC)cc([N+](=O)[O-])cc2[N+](=O)[O-])ccc1OC(=O)c1ccc([N+](=O)[O-])cc1. The quantitative estimate of drug-likeness (QED) is 0.109. The number of nitrogens with one attached hydrogen (secondary N) is 1. The van der Waals surface area contributed by atoms with Crippen LogP contribution in [0.2, 0.25) is 0 Å². The Morgan fingerprint density at radius 3 is 2.07 bits per heavy atom. The lowest BCUT2D eigenvalue weighted by Crippen LogP contribution is -2.25. The molecule has 0 atom stereocenters. The van der Waals surface area contributed by atoms with Gasteiger partial charge in [0.2, 0.25) is 5.75 Å². The van der Waals surface area contributed by atoms with Crippen molar-refractivity contribution in [2.45, 2.75) is 0 Å². The van der Waals surface area contributed by atoms with Crippen LogP contribution in [-0.2, 0) is 4.79 Å². The highest BCUT2D eigenvalue weighted by Crippen LogP contribution is 2.40. The fourth-order valence-corrected chi connectivity index (χ4v) is 3.19. The maximum absolute atomic E-state index is 12.4. The van der Waals surface area contributed by atoms with Gasteiger partial charge in [0.15, 0.2) is 23.9 Å². The number of hydrazone groups is 1. The number of non-ortho nitro benzene ring substituents is 2. The minimum Gasteiger partial charge on any atom is -0.493 e. The number of methoxy groups -OCH3 is 2. The van der Waals surface area contributed by atoms with E-state index in [1.54, 1.807) is 0 Å². The molecule has 17 heteroatoms. The van der Waals surface area contributed by atoms with E-state index in [9.17, 15) is 39.9 Å². The molecule has 0 aromatic heterocycles. The number of hydrogen-bond acceptors (Lipinski definition) is 13. The zero-order valence-corrected chi connectivity index (χ0v) is 21.2. The zero-order valence-electron chi connectivity index (χ0n) is 21.2. The molecule has 0 aliphatic rings. The lowest BCUT2D eigenvalue weighted by molar-refractivity contribution is -0.394. The van der Waals surface area contributed by atoms with E-state index >= 15 is 0 Å². The summed E-state index contributed by atoms with van der Waals surface area (Å²) < 4.78 is 20.6. The Bertz CT molecular complexity index is 1540. The third kappa shape index (κ3) is 7.47. The highest BCUT2D eigenvalue weighted by Gasteiger charge is 2.27. The molecule has 3 aromatic carbocycles. The molecule has 1 N–H and O–H groups in total. The van der Waals surface area contributed by atoms with Crippen molar-refractivity contribution in [3.05, 3.63) is 96.1 Å². The van der Waals surface area contributed by atoms with E-state index in [0.29, 0.717) is 11.6 Å². The van der Waals surface area contributed by atoms with Gasteiger partial charge in [0, 0.05) is 12.1 Å². The number of rotatable bonds is 12. The van der Waals surface area contributed by atoms with Crippen LogP contribution in [0.1, 0.15) is 15.9 Å². The summed E-state index contributed by atoms with van der Waals surface area (Å²) in [5.41, 5.74) is 1.07. The third-order valence-corrected chi connectivity index (χ3v) is 5.10. The van der Waals surface area contributed by atoms with Gasteiger partial charge in [-0.1, -0.05) is 0 Å². The molecule has 212 valence electrons.